The summed E-state index contributed by atoms with van der Waals surface area (Å²) in [6.07, 6.45) is 1.04. The first-order valence-electron chi connectivity index (χ1n) is 5.59. The van der Waals surface area contributed by atoms with Gasteiger partial charge < -0.3 is 30.9 Å². The minimum atomic E-state index is -1.75. The van der Waals surface area contributed by atoms with Crippen molar-refractivity contribution in [2.45, 2.75) is 13.8 Å². The normalized spacial score (nSPS) is 8.64. The van der Waals surface area contributed by atoms with Gasteiger partial charge in [-0.15, -0.1) is 0 Å². The number of ether oxygens (including phenoxy) is 2. The third-order valence-electron chi connectivity index (χ3n) is 1.82. The van der Waals surface area contributed by atoms with Crippen LogP contribution in [0.4, 0.5) is 5.69 Å². The summed E-state index contributed by atoms with van der Waals surface area (Å²) < 4.78 is 9.87. The Labute approximate surface area is 124 Å². The average molecular weight is 320 g/mol. The van der Waals surface area contributed by atoms with E-state index in [0.29, 0.717) is 6.61 Å². The van der Waals surface area contributed by atoms with Crippen LogP contribution in [0, 0.1) is 25.4 Å². The van der Waals surface area contributed by atoms with Crippen LogP contribution in [0.2, 0.25) is 0 Å². The number of nitrogens with zero attached hydrogens (tertiary/aromatic N) is 3. The molecule has 0 radical (unpaired) electrons. The van der Waals surface area contributed by atoms with Gasteiger partial charge in [0.05, 0.1) is 23.2 Å². The molecule has 0 aliphatic heterocycles. The molecule has 124 valence electrons. The lowest BCUT2D eigenvalue weighted by Crippen LogP contribution is -2.09. The summed E-state index contributed by atoms with van der Waals surface area (Å²) in [5.41, 5.74) is -0.320. The molecule has 0 fully saturated rings. The summed E-state index contributed by atoms with van der Waals surface area (Å²) in [6, 6.07) is 1.09. The molecule has 22 heavy (non-hydrogen) atoms. The molecule has 0 atom stereocenters. The zero-order valence-corrected chi connectivity index (χ0v) is 12.2. The number of hydrogen-bond donors (Lipinski definition) is 1. The number of esters is 1. The molecular weight excluding hydrogens is 304 g/mol. The molecule has 0 bridgehead atoms. The monoisotopic (exact) mass is 320 g/mol. The fraction of sp³-hybridized carbons (Fsp3) is 0.400. The van der Waals surface area contributed by atoms with Crippen LogP contribution in [0.15, 0.2) is 12.3 Å². The quantitative estimate of drug-likeness (QED) is 0.476. The molecule has 0 amide bonds. The Hall–Kier alpha value is -3.02. The lowest BCUT2D eigenvalue weighted by Gasteiger charge is -2.07. The molecule has 1 heterocycles. The highest BCUT2D eigenvalue weighted by Gasteiger charge is 2.20. The standard InChI is InChI=1S/C10H12N2O5.NO3.H3N/c1-3-16-9-8(10(13)17-4-2)5-7(6-11-9)12(14)15;2-1(3)4;/h5-6H,3-4H2,1-2H3;;1H3/q;-1;/p+1. The van der Waals surface area contributed by atoms with Gasteiger partial charge in [-0.1, -0.05) is 0 Å². The number of hydrogen-bond acceptors (Lipinski definition) is 9. The van der Waals surface area contributed by atoms with Crippen LogP contribution in [0.1, 0.15) is 24.2 Å². The van der Waals surface area contributed by atoms with E-state index in [1.54, 1.807) is 13.8 Å². The Morgan fingerprint density at radius 2 is 1.77 bits per heavy atom. The molecule has 1 aromatic heterocycles. The first kappa shape index (κ1) is 21.3. The maximum Gasteiger partial charge on any atom is 0.343 e. The lowest BCUT2D eigenvalue weighted by molar-refractivity contribution is -0.402. The SMILES string of the molecule is CCOC(=O)c1cc([N+](=O)[O-])cnc1OCC.O=[N+]([O-])[O-].[NH4+]. The fourth-order valence-corrected chi connectivity index (χ4v) is 1.15. The zero-order chi connectivity index (χ0) is 16.4. The number of rotatable bonds is 5. The minimum absolute atomic E-state index is 0. The van der Waals surface area contributed by atoms with Crippen molar-refractivity contribution in [2.24, 2.45) is 0 Å². The fourth-order valence-electron chi connectivity index (χ4n) is 1.15. The van der Waals surface area contributed by atoms with Crippen LogP contribution in [0.3, 0.4) is 0 Å². The molecule has 0 saturated carbocycles. The summed E-state index contributed by atoms with van der Waals surface area (Å²) in [5, 5.41) is 25.3. The predicted octanol–water partition coefficient (Wildman–Crippen LogP) is 1.70. The van der Waals surface area contributed by atoms with Crippen molar-refractivity contribution < 1.29 is 24.3 Å². The topological polar surface area (TPSA) is 194 Å². The molecule has 0 aliphatic carbocycles. The van der Waals surface area contributed by atoms with Gasteiger partial charge in [0.15, 0.2) is 0 Å². The van der Waals surface area contributed by atoms with Crippen LogP contribution in [-0.2, 0) is 4.74 Å². The van der Waals surface area contributed by atoms with Gasteiger partial charge in [-0.2, -0.15) is 0 Å². The van der Waals surface area contributed by atoms with Crippen molar-refractivity contribution in [1.29, 1.82) is 0 Å². The molecule has 0 spiro atoms. The Morgan fingerprint density at radius 3 is 2.18 bits per heavy atom. The van der Waals surface area contributed by atoms with Gasteiger partial charge in [0, 0.05) is 6.07 Å². The highest BCUT2D eigenvalue weighted by atomic mass is 16.9. The lowest BCUT2D eigenvalue weighted by atomic mass is 10.2. The highest BCUT2D eigenvalue weighted by Crippen LogP contribution is 2.21. The van der Waals surface area contributed by atoms with E-state index in [4.69, 9.17) is 24.8 Å². The van der Waals surface area contributed by atoms with Gasteiger partial charge in [0.2, 0.25) is 5.88 Å². The van der Waals surface area contributed by atoms with Crippen LogP contribution < -0.4 is 10.9 Å². The predicted molar refractivity (Wildman–Crippen MR) is 74.4 cm³/mol. The van der Waals surface area contributed by atoms with E-state index in [-0.39, 0.29) is 29.9 Å². The Kier molecular flexibility index (Phi) is 10.4. The van der Waals surface area contributed by atoms with Gasteiger partial charge in [0.1, 0.15) is 11.8 Å². The minimum Gasteiger partial charge on any atom is -0.477 e. The first-order chi connectivity index (χ1) is 9.83. The van der Waals surface area contributed by atoms with Gasteiger partial charge >= 0.3 is 5.97 Å². The number of aromatic nitrogens is 1. The molecule has 12 heteroatoms. The number of pyridine rings is 1. The van der Waals surface area contributed by atoms with Crippen molar-refractivity contribution in [3.63, 3.8) is 0 Å². The number of quaternary nitrogens is 1. The van der Waals surface area contributed by atoms with E-state index < -0.39 is 16.0 Å². The first-order valence-corrected chi connectivity index (χ1v) is 5.59. The molecule has 4 N–H and O–H groups in total. The third-order valence-corrected chi connectivity index (χ3v) is 1.82. The smallest absolute Gasteiger partial charge is 0.343 e. The Bertz CT molecular complexity index is 518. The average Bonchev–Trinajstić information content (AvgIpc) is 2.38. The molecule has 0 aromatic carbocycles. The van der Waals surface area contributed by atoms with Gasteiger partial charge in [-0.3, -0.25) is 10.1 Å². The summed E-state index contributed by atoms with van der Waals surface area (Å²) in [6.45, 7) is 3.84. The van der Waals surface area contributed by atoms with E-state index in [1.165, 1.54) is 0 Å². The van der Waals surface area contributed by atoms with Crippen molar-refractivity contribution in [2.75, 3.05) is 13.2 Å². The number of carbonyl (C=O) groups excluding carboxylic acids is 1. The largest absolute Gasteiger partial charge is 0.477 e. The zero-order valence-electron chi connectivity index (χ0n) is 12.2. The van der Waals surface area contributed by atoms with Crippen LogP contribution in [0.25, 0.3) is 0 Å². The van der Waals surface area contributed by atoms with E-state index in [9.17, 15) is 14.9 Å². The summed E-state index contributed by atoms with van der Waals surface area (Å²) in [4.78, 5) is 33.5. The van der Waals surface area contributed by atoms with Gasteiger partial charge in [0.25, 0.3) is 5.69 Å². The summed E-state index contributed by atoms with van der Waals surface area (Å²) in [5.74, 6) is -0.649. The molecule has 1 aromatic rings. The second-order valence-electron chi connectivity index (χ2n) is 3.18. The van der Waals surface area contributed by atoms with E-state index in [2.05, 4.69) is 4.98 Å². The van der Waals surface area contributed by atoms with E-state index in [0.717, 1.165) is 12.3 Å². The second-order valence-corrected chi connectivity index (χ2v) is 3.18. The highest BCUT2D eigenvalue weighted by molar-refractivity contribution is 5.92. The summed E-state index contributed by atoms with van der Waals surface area (Å²) in [7, 11) is 0. The summed E-state index contributed by atoms with van der Waals surface area (Å²) >= 11 is 0. The van der Waals surface area contributed by atoms with E-state index >= 15 is 0 Å². The second kappa shape index (κ2) is 10.7. The molecule has 0 aliphatic rings. The Morgan fingerprint density at radius 1 is 1.23 bits per heavy atom. The number of nitro groups is 1. The Balaban J connectivity index is 0. The number of carbonyl (C=O) groups is 1. The third kappa shape index (κ3) is 7.54. The molecule has 0 saturated heterocycles. The molecule has 12 nitrogen and oxygen atoms in total. The van der Waals surface area contributed by atoms with Crippen molar-refractivity contribution in [3.05, 3.63) is 43.3 Å². The van der Waals surface area contributed by atoms with Crippen LogP contribution in [-0.4, -0.2) is 34.2 Å². The van der Waals surface area contributed by atoms with Gasteiger partial charge in [-0.25, -0.2) is 9.78 Å². The molecule has 0 unspecified atom stereocenters. The van der Waals surface area contributed by atoms with Crippen LogP contribution in [0.5, 0.6) is 5.88 Å². The van der Waals surface area contributed by atoms with Crippen molar-refractivity contribution >= 4 is 11.7 Å². The van der Waals surface area contributed by atoms with Gasteiger partial charge in [-0.05, 0) is 13.8 Å². The maximum atomic E-state index is 11.6. The molecular formula is C10H16N4O8. The van der Waals surface area contributed by atoms with Crippen LogP contribution >= 0.6 is 0 Å². The maximum absolute atomic E-state index is 11.6. The van der Waals surface area contributed by atoms with Crippen molar-refractivity contribution in [1.82, 2.24) is 11.1 Å². The van der Waals surface area contributed by atoms with Crippen molar-refractivity contribution in [3.8, 4) is 5.88 Å². The van der Waals surface area contributed by atoms with E-state index in [1.807, 2.05) is 0 Å². The molecule has 1 rings (SSSR count).